The van der Waals surface area contributed by atoms with Gasteiger partial charge in [0.15, 0.2) is 0 Å². The fourth-order valence-corrected chi connectivity index (χ4v) is 2.92. The maximum Gasteiger partial charge on any atom is 0.0512 e. The van der Waals surface area contributed by atoms with Crippen LogP contribution in [0.2, 0.25) is 0 Å². The Balaban J connectivity index is 2.46. The molecule has 0 N–H and O–H groups in total. The fraction of sp³-hybridized carbons (Fsp3) is 0.375. The maximum absolute atomic E-state index is 6.25. The molecule has 0 nitrogen and oxygen atoms in total. The Kier molecular flexibility index (Phi) is 6.29. The average molecular weight is 350 g/mol. The van der Waals surface area contributed by atoms with Crippen molar-refractivity contribution < 1.29 is 0 Å². The summed E-state index contributed by atoms with van der Waals surface area (Å²) in [4.78, 5) is 0. The van der Waals surface area contributed by atoms with E-state index in [4.69, 9.17) is 46.4 Å². The monoisotopic (exact) mass is 348 g/mol. The van der Waals surface area contributed by atoms with Gasteiger partial charge in [0.1, 0.15) is 0 Å². The number of fused-ring (bicyclic) bond motifs is 1. The van der Waals surface area contributed by atoms with Gasteiger partial charge in [-0.15, -0.1) is 46.4 Å². The number of hydrogen-bond donors (Lipinski definition) is 0. The SMILES string of the molecule is ClCC(Cl)Cc1ccc2ccccc2c1CC(Cl)CCl. The summed E-state index contributed by atoms with van der Waals surface area (Å²) in [6, 6.07) is 12.5. The van der Waals surface area contributed by atoms with Crippen LogP contribution in [0.4, 0.5) is 0 Å². The Bertz CT molecular complexity index is 567. The molecule has 0 aliphatic rings. The molecule has 20 heavy (non-hydrogen) atoms. The quantitative estimate of drug-likeness (QED) is 0.594. The average Bonchev–Trinajstić information content (AvgIpc) is 2.49. The van der Waals surface area contributed by atoms with Crippen molar-refractivity contribution in [3.05, 3.63) is 47.5 Å². The summed E-state index contributed by atoms with van der Waals surface area (Å²) in [5, 5.41) is 2.29. The van der Waals surface area contributed by atoms with Gasteiger partial charge in [-0.05, 0) is 34.7 Å². The molecule has 2 aromatic rings. The lowest BCUT2D eigenvalue weighted by molar-refractivity contribution is 0.883. The van der Waals surface area contributed by atoms with Gasteiger partial charge < -0.3 is 0 Å². The molecular formula is C16H16Cl4. The molecule has 0 saturated carbocycles. The Labute approximate surface area is 140 Å². The van der Waals surface area contributed by atoms with Gasteiger partial charge in [0.05, 0.1) is 10.8 Å². The minimum Gasteiger partial charge on any atom is -0.125 e. The molecule has 2 atom stereocenters. The first-order chi connectivity index (χ1) is 9.65. The van der Waals surface area contributed by atoms with Crippen LogP contribution in [-0.4, -0.2) is 22.5 Å². The summed E-state index contributed by atoms with van der Waals surface area (Å²) in [6.07, 6.45) is 1.49. The molecule has 0 saturated heterocycles. The second kappa shape index (κ2) is 7.75. The molecule has 0 aromatic heterocycles. The molecule has 108 valence electrons. The van der Waals surface area contributed by atoms with E-state index >= 15 is 0 Å². The first-order valence-corrected chi connectivity index (χ1v) is 8.49. The Hall–Kier alpha value is -0.140. The van der Waals surface area contributed by atoms with Crippen LogP contribution in [0.15, 0.2) is 36.4 Å². The molecule has 0 aliphatic carbocycles. The second-order valence-corrected chi connectivity index (χ2v) is 6.69. The fourth-order valence-electron chi connectivity index (χ4n) is 2.38. The molecule has 4 heteroatoms. The zero-order valence-electron chi connectivity index (χ0n) is 11.0. The van der Waals surface area contributed by atoms with E-state index in [9.17, 15) is 0 Å². The van der Waals surface area contributed by atoms with Crippen LogP contribution in [0.1, 0.15) is 11.1 Å². The molecule has 0 radical (unpaired) electrons. The van der Waals surface area contributed by atoms with Gasteiger partial charge in [0.2, 0.25) is 0 Å². The smallest absolute Gasteiger partial charge is 0.0512 e. The van der Waals surface area contributed by atoms with Crippen molar-refractivity contribution in [2.75, 3.05) is 11.8 Å². The van der Waals surface area contributed by atoms with Crippen molar-refractivity contribution in [3.63, 3.8) is 0 Å². The lowest BCUT2D eigenvalue weighted by atomic mass is 9.93. The van der Waals surface area contributed by atoms with Crippen molar-refractivity contribution in [2.24, 2.45) is 0 Å². The van der Waals surface area contributed by atoms with E-state index < -0.39 is 0 Å². The molecule has 0 aliphatic heterocycles. The molecule has 0 spiro atoms. The number of alkyl halides is 4. The van der Waals surface area contributed by atoms with E-state index in [1.165, 1.54) is 21.9 Å². The third-order valence-electron chi connectivity index (χ3n) is 3.34. The topological polar surface area (TPSA) is 0 Å². The first-order valence-electron chi connectivity index (χ1n) is 6.55. The molecule has 2 rings (SSSR count). The predicted molar refractivity (Wildman–Crippen MR) is 92.1 cm³/mol. The normalized spacial score (nSPS) is 14.4. The van der Waals surface area contributed by atoms with Crippen LogP contribution < -0.4 is 0 Å². The lowest BCUT2D eigenvalue weighted by Gasteiger charge is -2.16. The number of rotatable bonds is 6. The largest absolute Gasteiger partial charge is 0.125 e. The van der Waals surface area contributed by atoms with Crippen LogP contribution in [0.25, 0.3) is 10.8 Å². The highest BCUT2D eigenvalue weighted by Crippen LogP contribution is 2.27. The van der Waals surface area contributed by atoms with Gasteiger partial charge in [-0.1, -0.05) is 36.4 Å². The zero-order valence-corrected chi connectivity index (χ0v) is 14.0. The Morgan fingerprint density at radius 3 is 2.15 bits per heavy atom. The van der Waals surface area contributed by atoms with Crippen LogP contribution in [0.3, 0.4) is 0 Å². The summed E-state index contributed by atoms with van der Waals surface area (Å²) in [7, 11) is 0. The molecular weight excluding hydrogens is 334 g/mol. The summed E-state index contributed by atoms with van der Waals surface area (Å²) in [5.41, 5.74) is 2.44. The van der Waals surface area contributed by atoms with Crippen LogP contribution >= 0.6 is 46.4 Å². The van der Waals surface area contributed by atoms with Gasteiger partial charge in [0, 0.05) is 11.8 Å². The van der Waals surface area contributed by atoms with Gasteiger partial charge >= 0.3 is 0 Å². The molecule has 0 heterocycles. The van der Waals surface area contributed by atoms with Crippen molar-refractivity contribution in [1.29, 1.82) is 0 Å². The van der Waals surface area contributed by atoms with Crippen LogP contribution in [-0.2, 0) is 12.8 Å². The van der Waals surface area contributed by atoms with Crippen molar-refractivity contribution in [1.82, 2.24) is 0 Å². The van der Waals surface area contributed by atoms with E-state index in [1.54, 1.807) is 0 Å². The van der Waals surface area contributed by atoms with E-state index in [2.05, 4.69) is 24.3 Å². The molecule has 0 bridgehead atoms. The number of hydrogen-bond acceptors (Lipinski definition) is 0. The number of halogens is 4. The van der Waals surface area contributed by atoms with E-state index in [0.717, 1.165) is 12.8 Å². The third-order valence-corrected chi connectivity index (χ3v) is 5.02. The summed E-state index contributed by atoms with van der Waals surface area (Å²) >= 11 is 24.1. The Morgan fingerprint density at radius 1 is 0.800 bits per heavy atom. The maximum atomic E-state index is 6.25. The Morgan fingerprint density at radius 2 is 1.45 bits per heavy atom. The standard InChI is InChI=1S/C16H16Cl4/c17-9-13(19)7-12-6-5-11-3-1-2-4-15(11)16(12)8-14(20)10-18/h1-6,13-14H,7-10H2. The van der Waals surface area contributed by atoms with Crippen molar-refractivity contribution in [3.8, 4) is 0 Å². The molecule has 2 unspecified atom stereocenters. The van der Waals surface area contributed by atoms with Gasteiger partial charge in [-0.2, -0.15) is 0 Å². The zero-order chi connectivity index (χ0) is 14.5. The van der Waals surface area contributed by atoms with Gasteiger partial charge in [0.25, 0.3) is 0 Å². The second-order valence-electron chi connectivity index (χ2n) is 4.84. The first kappa shape index (κ1) is 16.2. The van der Waals surface area contributed by atoms with Gasteiger partial charge in [-0.25, -0.2) is 0 Å². The van der Waals surface area contributed by atoms with Crippen LogP contribution in [0, 0.1) is 0 Å². The summed E-state index contributed by atoms with van der Waals surface area (Å²) < 4.78 is 0. The minimum absolute atomic E-state index is 0.0682. The number of benzene rings is 2. The molecule has 0 amide bonds. The summed E-state index contributed by atoms with van der Waals surface area (Å²) in [6.45, 7) is 0. The van der Waals surface area contributed by atoms with E-state index in [0.29, 0.717) is 11.8 Å². The van der Waals surface area contributed by atoms with E-state index in [1.807, 2.05) is 12.1 Å². The lowest BCUT2D eigenvalue weighted by Crippen LogP contribution is -2.12. The van der Waals surface area contributed by atoms with Gasteiger partial charge in [-0.3, -0.25) is 0 Å². The van der Waals surface area contributed by atoms with Crippen molar-refractivity contribution in [2.45, 2.75) is 23.6 Å². The third kappa shape index (κ3) is 3.95. The highest BCUT2D eigenvalue weighted by atomic mass is 35.5. The van der Waals surface area contributed by atoms with Crippen molar-refractivity contribution >= 4 is 57.2 Å². The van der Waals surface area contributed by atoms with Crippen LogP contribution in [0.5, 0.6) is 0 Å². The summed E-state index contributed by atoms with van der Waals surface area (Å²) in [5.74, 6) is 0.873. The molecule has 2 aromatic carbocycles. The van der Waals surface area contributed by atoms with E-state index in [-0.39, 0.29) is 10.8 Å². The predicted octanol–water partition coefficient (Wildman–Crippen LogP) is 5.62. The minimum atomic E-state index is -0.0778. The highest BCUT2D eigenvalue weighted by molar-refractivity contribution is 6.28. The highest BCUT2D eigenvalue weighted by Gasteiger charge is 2.14. The molecule has 0 fully saturated rings.